The highest BCUT2D eigenvalue weighted by molar-refractivity contribution is 9.10. The molecule has 3 amide bonds. The summed E-state index contributed by atoms with van der Waals surface area (Å²) in [6, 6.07) is 23.4. The van der Waals surface area contributed by atoms with E-state index in [9.17, 15) is 9.59 Å². The fraction of sp³-hybridized carbons (Fsp3) is 0.267. The first-order valence-electron chi connectivity index (χ1n) is 12.5. The minimum Gasteiger partial charge on any atom is -0.361 e. The number of aromatic nitrogens is 1. The lowest BCUT2D eigenvalue weighted by atomic mass is 10.1. The third-order valence-corrected chi connectivity index (χ3v) is 7.17. The summed E-state index contributed by atoms with van der Waals surface area (Å²) in [4.78, 5) is 33.6. The third-order valence-electron chi connectivity index (χ3n) is 6.48. The van der Waals surface area contributed by atoms with Crippen LogP contribution in [0, 0.1) is 6.92 Å². The van der Waals surface area contributed by atoms with Gasteiger partial charge in [-0.1, -0.05) is 60.2 Å². The molecule has 4 aromatic rings. The van der Waals surface area contributed by atoms with Crippen LogP contribution < -0.4 is 5.32 Å². The molecule has 4 rings (SSSR count). The normalized spacial score (nSPS) is 11.1. The topological polar surface area (TPSA) is 68.4 Å². The Morgan fingerprint density at radius 1 is 0.973 bits per heavy atom. The van der Waals surface area contributed by atoms with Crippen LogP contribution in [0.4, 0.5) is 10.5 Å². The van der Waals surface area contributed by atoms with Crippen molar-refractivity contribution in [3.63, 3.8) is 0 Å². The molecule has 7 heteroatoms. The van der Waals surface area contributed by atoms with Gasteiger partial charge in [0.25, 0.3) is 0 Å². The number of para-hydroxylation sites is 2. The van der Waals surface area contributed by atoms with Crippen molar-refractivity contribution in [2.75, 3.05) is 18.4 Å². The highest BCUT2D eigenvalue weighted by Gasteiger charge is 2.24. The predicted molar refractivity (Wildman–Crippen MR) is 154 cm³/mol. The van der Waals surface area contributed by atoms with E-state index in [1.807, 2.05) is 68.3 Å². The molecule has 192 valence electrons. The quantitative estimate of drug-likeness (QED) is 0.237. The monoisotopic (exact) mass is 560 g/mol. The van der Waals surface area contributed by atoms with Gasteiger partial charge in [0.2, 0.25) is 5.91 Å². The van der Waals surface area contributed by atoms with Gasteiger partial charge in [0.05, 0.1) is 5.69 Å². The fourth-order valence-corrected chi connectivity index (χ4v) is 4.67. The first kappa shape index (κ1) is 26.5. The molecule has 37 heavy (non-hydrogen) atoms. The van der Waals surface area contributed by atoms with Gasteiger partial charge in [-0.3, -0.25) is 4.79 Å². The Morgan fingerprint density at radius 2 is 1.68 bits per heavy atom. The number of carbonyl (C=O) groups excluding carboxylic acids is 2. The predicted octanol–water partition coefficient (Wildman–Crippen LogP) is 6.75. The van der Waals surface area contributed by atoms with Crippen LogP contribution in [0.5, 0.6) is 0 Å². The number of rotatable bonds is 9. The minimum absolute atomic E-state index is 0.00625. The number of H-pyrrole nitrogens is 1. The second-order valence-corrected chi connectivity index (χ2v) is 10.4. The largest absolute Gasteiger partial charge is 0.361 e. The number of anilines is 1. The smallest absolute Gasteiger partial charge is 0.322 e. The summed E-state index contributed by atoms with van der Waals surface area (Å²) in [5.41, 5.74) is 5.16. The lowest BCUT2D eigenvalue weighted by molar-refractivity contribution is -0.132. The van der Waals surface area contributed by atoms with Crippen LogP contribution in [-0.4, -0.2) is 45.9 Å². The van der Waals surface area contributed by atoms with Crippen molar-refractivity contribution in [2.45, 2.75) is 39.8 Å². The summed E-state index contributed by atoms with van der Waals surface area (Å²) in [6.07, 6.45) is 2.73. The van der Waals surface area contributed by atoms with E-state index in [4.69, 9.17) is 0 Å². The number of fused-ring (bicyclic) bond motifs is 1. The van der Waals surface area contributed by atoms with Gasteiger partial charge in [0.1, 0.15) is 6.54 Å². The Kier molecular flexibility index (Phi) is 8.66. The van der Waals surface area contributed by atoms with Crippen LogP contribution in [0.2, 0.25) is 0 Å². The number of carbonyl (C=O) groups is 2. The molecule has 0 atom stereocenters. The number of benzene rings is 3. The zero-order valence-electron chi connectivity index (χ0n) is 21.5. The standard InChI is InChI=1S/C30H33BrN4O2/c1-21(2)35(30(37)33-28-11-7-5-9-26(28)31)20-29(36)34(19-23-14-12-22(3)13-15-23)17-16-24-18-32-27-10-6-4-8-25(24)27/h4-15,18,21,32H,16-17,19-20H2,1-3H3,(H,33,37). The fourth-order valence-electron chi connectivity index (χ4n) is 4.28. The lowest BCUT2D eigenvalue weighted by Crippen LogP contribution is -2.47. The number of halogens is 1. The van der Waals surface area contributed by atoms with Crippen molar-refractivity contribution in [2.24, 2.45) is 0 Å². The Labute approximate surface area is 226 Å². The number of amides is 3. The number of aryl methyl sites for hydroxylation is 1. The van der Waals surface area contributed by atoms with Crippen LogP contribution in [0.25, 0.3) is 10.9 Å². The van der Waals surface area contributed by atoms with Crippen molar-refractivity contribution < 1.29 is 9.59 Å². The second-order valence-electron chi connectivity index (χ2n) is 9.54. The number of nitrogens with zero attached hydrogens (tertiary/aromatic N) is 2. The molecule has 0 aliphatic carbocycles. The van der Waals surface area contributed by atoms with E-state index in [1.54, 1.807) is 4.90 Å². The van der Waals surface area contributed by atoms with Crippen LogP contribution in [0.15, 0.2) is 83.5 Å². The van der Waals surface area contributed by atoms with Crippen molar-refractivity contribution in [1.29, 1.82) is 0 Å². The maximum atomic E-state index is 13.7. The van der Waals surface area contributed by atoms with E-state index in [2.05, 4.69) is 62.6 Å². The molecule has 3 aromatic carbocycles. The Bertz CT molecular complexity index is 1360. The molecular weight excluding hydrogens is 528 g/mol. The highest BCUT2D eigenvalue weighted by Crippen LogP contribution is 2.22. The van der Waals surface area contributed by atoms with E-state index in [1.165, 1.54) is 16.5 Å². The molecule has 0 fully saturated rings. The summed E-state index contributed by atoms with van der Waals surface area (Å²) in [6.45, 7) is 6.92. The summed E-state index contributed by atoms with van der Waals surface area (Å²) in [7, 11) is 0. The zero-order chi connectivity index (χ0) is 26.4. The van der Waals surface area contributed by atoms with E-state index in [0.717, 1.165) is 15.6 Å². The van der Waals surface area contributed by atoms with Crippen molar-refractivity contribution in [3.05, 3.63) is 100 Å². The average molecular weight is 562 g/mol. The summed E-state index contributed by atoms with van der Waals surface area (Å²) < 4.78 is 0.790. The van der Waals surface area contributed by atoms with E-state index in [0.29, 0.717) is 25.2 Å². The van der Waals surface area contributed by atoms with Gasteiger partial charge in [-0.05, 0) is 72.4 Å². The molecule has 0 saturated heterocycles. The van der Waals surface area contributed by atoms with Gasteiger partial charge >= 0.3 is 6.03 Å². The highest BCUT2D eigenvalue weighted by atomic mass is 79.9. The molecule has 0 bridgehead atoms. The summed E-state index contributed by atoms with van der Waals surface area (Å²) in [5, 5.41) is 4.10. The van der Waals surface area contributed by atoms with Gasteiger partial charge in [-0.2, -0.15) is 0 Å². The Hall–Kier alpha value is -3.58. The minimum atomic E-state index is -0.304. The molecule has 0 spiro atoms. The van der Waals surface area contributed by atoms with Crippen molar-refractivity contribution in [3.8, 4) is 0 Å². The molecule has 0 radical (unpaired) electrons. The molecule has 2 N–H and O–H groups in total. The number of aromatic amines is 1. The van der Waals surface area contributed by atoms with Crippen LogP contribution in [0.1, 0.15) is 30.5 Å². The molecule has 0 aliphatic heterocycles. The number of hydrogen-bond donors (Lipinski definition) is 2. The molecule has 0 aliphatic rings. The molecule has 6 nitrogen and oxygen atoms in total. The SMILES string of the molecule is Cc1ccc(CN(CCc2c[nH]c3ccccc23)C(=O)CN(C(=O)Nc2ccccc2Br)C(C)C)cc1. The first-order valence-corrected chi connectivity index (χ1v) is 13.3. The zero-order valence-corrected chi connectivity index (χ0v) is 23.1. The first-order chi connectivity index (χ1) is 17.8. The summed E-state index contributed by atoms with van der Waals surface area (Å²) in [5.74, 6) is -0.0867. The third kappa shape index (κ3) is 6.80. The van der Waals surface area contributed by atoms with Gasteiger partial charge in [-0.25, -0.2) is 4.79 Å². The maximum absolute atomic E-state index is 13.7. The van der Waals surface area contributed by atoms with Gasteiger partial charge in [-0.15, -0.1) is 0 Å². The van der Waals surface area contributed by atoms with Crippen LogP contribution in [0.3, 0.4) is 0 Å². The number of urea groups is 1. The van der Waals surface area contributed by atoms with E-state index < -0.39 is 0 Å². The van der Waals surface area contributed by atoms with Gasteiger partial charge < -0.3 is 20.1 Å². The van der Waals surface area contributed by atoms with Gasteiger partial charge in [0, 0.05) is 40.7 Å². The molecule has 1 heterocycles. The van der Waals surface area contributed by atoms with Crippen LogP contribution in [-0.2, 0) is 17.8 Å². The number of nitrogens with one attached hydrogen (secondary N) is 2. The maximum Gasteiger partial charge on any atom is 0.322 e. The molecule has 1 aromatic heterocycles. The van der Waals surface area contributed by atoms with E-state index >= 15 is 0 Å². The van der Waals surface area contributed by atoms with Gasteiger partial charge in [0.15, 0.2) is 0 Å². The second kappa shape index (κ2) is 12.1. The molecule has 0 unspecified atom stereocenters. The van der Waals surface area contributed by atoms with E-state index in [-0.39, 0.29) is 24.5 Å². The lowest BCUT2D eigenvalue weighted by Gasteiger charge is -2.30. The Balaban J connectivity index is 1.51. The summed E-state index contributed by atoms with van der Waals surface area (Å²) >= 11 is 3.47. The molecular formula is C30H33BrN4O2. The Morgan fingerprint density at radius 3 is 2.41 bits per heavy atom. The number of hydrogen-bond acceptors (Lipinski definition) is 2. The van der Waals surface area contributed by atoms with Crippen molar-refractivity contribution >= 4 is 44.5 Å². The van der Waals surface area contributed by atoms with Crippen molar-refractivity contribution in [1.82, 2.24) is 14.8 Å². The average Bonchev–Trinajstić information content (AvgIpc) is 3.30. The van der Waals surface area contributed by atoms with Crippen LogP contribution >= 0.6 is 15.9 Å². The molecule has 0 saturated carbocycles.